The molecule has 35 heavy (non-hydrogen) atoms. The number of H-pyrrole nitrogens is 1. The first-order valence-electron chi connectivity index (χ1n) is 12.2. The lowest BCUT2D eigenvalue weighted by Crippen LogP contribution is -2.25. The molecule has 9 nitrogen and oxygen atoms in total. The van der Waals surface area contributed by atoms with Crippen molar-refractivity contribution in [3.63, 3.8) is 0 Å². The van der Waals surface area contributed by atoms with Crippen molar-refractivity contribution in [3.05, 3.63) is 65.7 Å². The van der Waals surface area contributed by atoms with E-state index in [1.807, 2.05) is 37.3 Å². The zero-order chi connectivity index (χ0) is 24.0. The number of aryl methyl sites for hydroxylation is 1. The van der Waals surface area contributed by atoms with Gasteiger partial charge in [-0.15, -0.1) is 0 Å². The van der Waals surface area contributed by atoms with E-state index >= 15 is 0 Å². The Kier molecular flexibility index (Phi) is 6.83. The number of nitrogens with one attached hydrogen (secondary N) is 4. The number of amides is 1. The average Bonchev–Trinajstić information content (AvgIpc) is 3.36. The van der Waals surface area contributed by atoms with Crippen molar-refractivity contribution in [2.45, 2.75) is 51.5 Å². The fraction of sp³-hybridized carbons (Fsp3) is 0.346. The highest BCUT2D eigenvalue weighted by Crippen LogP contribution is 2.27. The van der Waals surface area contributed by atoms with Crippen LogP contribution in [0, 0.1) is 6.92 Å². The molecule has 0 unspecified atom stereocenters. The molecule has 4 aromatic rings. The van der Waals surface area contributed by atoms with Crippen LogP contribution in [0.4, 0.5) is 17.5 Å². The molecule has 1 amide bonds. The van der Waals surface area contributed by atoms with Crippen molar-refractivity contribution in [3.8, 4) is 0 Å². The topological polar surface area (TPSA) is 121 Å². The Morgan fingerprint density at radius 1 is 1.09 bits per heavy atom. The van der Waals surface area contributed by atoms with E-state index in [-0.39, 0.29) is 5.91 Å². The van der Waals surface area contributed by atoms with Gasteiger partial charge in [0.15, 0.2) is 11.5 Å². The third-order valence-corrected chi connectivity index (χ3v) is 6.42. The van der Waals surface area contributed by atoms with Gasteiger partial charge in [0.05, 0.1) is 6.33 Å². The molecule has 9 heteroatoms. The SMILES string of the molecule is Cc1cc(C(=O)NCCc2ccncc2)ccc1Nc1nc(NC2CCCCC2)c2[nH]cnc2n1. The average molecular weight is 471 g/mol. The Morgan fingerprint density at radius 3 is 2.71 bits per heavy atom. The Bertz CT molecular complexity index is 1300. The number of imidazole rings is 1. The van der Waals surface area contributed by atoms with Crippen molar-refractivity contribution >= 4 is 34.5 Å². The van der Waals surface area contributed by atoms with Crippen molar-refractivity contribution in [1.82, 2.24) is 30.2 Å². The number of fused-ring (bicyclic) bond motifs is 1. The van der Waals surface area contributed by atoms with Crippen molar-refractivity contribution < 1.29 is 4.79 Å². The first-order valence-corrected chi connectivity index (χ1v) is 12.2. The zero-order valence-electron chi connectivity index (χ0n) is 19.8. The minimum Gasteiger partial charge on any atom is -0.365 e. The number of carbonyl (C=O) groups excluding carboxylic acids is 1. The third-order valence-electron chi connectivity index (χ3n) is 6.42. The van der Waals surface area contributed by atoms with E-state index in [1.54, 1.807) is 18.7 Å². The quantitative estimate of drug-likeness (QED) is 0.299. The van der Waals surface area contributed by atoms with Gasteiger partial charge in [-0.05, 0) is 67.6 Å². The van der Waals surface area contributed by atoms with Gasteiger partial charge in [0.1, 0.15) is 5.52 Å². The highest BCUT2D eigenvalue weighted by atomic mass is 16.1. The number of rotatable bonds is 8. The molecule has 0 radical (unpaired) electrons. The van der Waals surface area contributed by atoms with Crippen LogP contribution in [0.15, 0.2) is 49.1 Å². The molecule has 180 valence electrons. The summed E-state index contributed by atoms with van der Waals surface area (Å²) in [5.74, 6) is 1.15. The fourth-order valence-corrected chi connectivity index (χ4v) is 4.47. The summed E-state index contributed by atoms with van der Waals surface area (Å²) in [6.45, 7) is 2.53. The summed E-state index contributed by atoms with van der Waals surface area (Å²) < 4.78 is 0. The van der Waals surface area contributed by atoms with E-state index in [0.717, 1.165) is 47.4 Å². The first-order chi connectivity index (χ1) is 17.2. The van der Waals surface area contributed by atoms with E-state index in [0.29, 0.717) is 29.7 Å². The van der Waals surface area contributed by atoms with Gasteiger partial charge in [0, 0.05) is 36.2 Å². The molecule has 0 aliphatic heterocycles. The van der Waals surface area contributed by atoms with Crippen LogP contribution >= 0.6 is 0 Å². The van der Waals surface area contributed by atoms with Gasteiger partial charge < -0.3 is 20.9 Å². The van der Waals surface area contributed by atoms with E-state index in [1.165, 1.54) is 19.3 Å². The van der Waals surface area contributed by atoms with Crippen LogP contribution < -0.4 is 16.0 Å². The first kappa shape index (κ1) is 22.8. The minimum absolute atomic E-state index is 0.0955. The fourth-order valence-electron chi connectivity index (χ4n) is 4.47. The summed E-state index contributed by atoms with van der Waals surface area (Å²) in [6, 6.07) is 9.89. The summed E-state index contributed by atoms with van der Waals surface area (Å²) in [6.07, 6.45) is 12.0. The molecule has 0 bridgehead atoms. The zero-order valence-corrected chi connectivity index (χ0v) is 19.8. The van der Waals surface area contributed by atoms with E-state index in [2.05, 4.69) is 35.9 Å². The van der Waals surface area contributed by atoms with Crippen LogP contribution in [-0.4, -0.2) is 43.4 Å². The number of pyridine rings is 1. The van der Waals surface area contributed by atoms with Crippen LogP contribution in [0.1, 0.15) is 53.6 Å². The second-order valence-corrected chi connectivity index (χ2v) is 8.99. The van der Waals surface area contributed by atoms with Gasteiger partial charge in [0.25, 0.3) is 5.91 Å². The maximum atomic E-state index is 12.6. The lowest BCUT2D eigenvalue weighted by Gasteiger charge is -2.23. The van der Waals surface area contributed by atoms with Crippen molar-refractivity contribution in [2.24, 2.45) is 0 Å². The molecule has 3 heterocycles. The number of hydrogen-bond acceptors (Lipinski definition) is 7. The molecule has 1 aliphatic carbocycles. The molecule has 3 aromatic heterocycles. The molecule has 1 aliphatic rings. The van der Waals surface area contributed by atoms with Gasteiger partial charge in [-0.2, -0.15) is 9.97 Å². The molecule has 1 saturated carbocycles. The van der Waals surface area contributed by atoms with Crippen LogP contribution in [-0.2, 0) is 6.42 Å². The highest BCUT2D eigenvalue weighted by Gasteiger charge is 2.17. The number of nitrogens with zero attached hydrogens (tertiary/aromatic N) is 4. The second kappa shape index (κ2) is 10.5. The third kappa shape index (κ3) is 5.56. The normalized spacial score (nSPS) is 14.1. The molecule has 1 aromatic carbocycles. The summed E-state index contributed by atoms with van der Waals surface area (Å²) in [5, 5.41) is 9.88. The number of hydrogen-bond donors (Lipinski definition) is 4. The summed E-state index contributed by atoms with van der Waals surface area (Å²) in [7, 11) is 0. The number of anilines is 3. The van der Waals surface area contributed by atoms with Crippen molar-refractivity contribution in [2.75, 3.05) is 17.2 Å². The monoisotopic (exact) mass is 470 g/mol. The lowest BCUT2D eigenvalue weighted by molar-refractivity contribution is 0.0954. The second-order valence-electron chi connectivity index (χ2n) is 8.99. The summed E-state index contributed by atoms with van der Waals surface area (Å²) >= 11 is 0. The van der Waals surface area contributed by atoms with Gasteiger partial charge in [-0.3, -0.25) is 9.78 Å². The molecule has 0 saturated heterocycles. The van der Waals surface area contributed by atoms with E-state index in [9.17, 15) is 4.79 Å². The minimum atomic E-state index is -0.0955. The maximum absolute atomic E-state index is 12.6. The predicted octanol–water partition coefficient (Wildman–Crippen LogP) is 4.52. The molecule has 4 N–H and O–H groups in total. The molecule has 5 rings (SSSR count). The number of aromatic nitrogens is 5. The van der Waals surface area contributed by atoms with Gasteiger partial charge >= 0.3 is 0 Å². The Morgan fingerprint density at radius 2 is 1.91 bits per heavy atom. The molecule has 0 spiro atoms. The van der Waals surface area contributed by atoms with Gasteiger partial charge in [0.2, 0.25) is 5.95 Å². The Labute approximate surface area is 204 Å². The largest absolute Gasteiger partial charge is 0.365 e. The van der Waals surface area contributed by atoms with Crippen molar-refractivity contribution in [1.29, 1.82) is 0 Å². The Hall–Kier alpha value is -4.01. The predicted molar refractivity (Wildman–Crippen MR) is 137 cm³/mol. The van der Waals surface area contributed by atoms with E-state index < -0.39 is 0 Å². The maximum Gasteiger partial charge on any atom is 0.251 e. The number of aromatic amines is 1. The van der Waals surface area contributed by atoms with Crippen LogP contribution in [0.5, 0.6) is 0 Å². The summed E-state index contributed by atoms with van der Waals surface area (Å²) in [4.78, 5) is 33.4. The van der Waals surface area contributed by atoms with Crippen LogP contribution in [0.25, 0.3) is 11.2 Å². The Balaban J connectivity index is 1.26. The smallest absolute Gasteiger partial charge is 0.251 e. The van der Waals surface area contributed by atoms with Crippen LogP contribution in [0.3, 0.4) is 0 Å². The molecular formula is C26H30N8O. The molecule has 1 fully saturated rings. The van der Waals surface area contributed by atoms with Crippen LogP contribution in [0.2, 0.25) is 0 Å². The lowest BCUT2D eigenvalue weighted by atomic mass is 9.95. The van der Waals surface area contributed by atoms with E-state index in [4.69, 9.17) is 4.98 Å². The highest BCUT2D eigenvalue weighted by molar-refractivity contribution is 5.95. The number of carbonyl (C=O) groups is 1. The summed E-state index contributed by atoms with van der Waals surface area (Å²) in [5.41, 5.74) is 4.96. The molecule has 0 atom stereocenters. The molecular weight excluding hydrogens is 440 g/mol. The standard InChI is InChI=1S/C26H30N8O/c1-17-15-19(25(35)28-14-11-18-9-12-27-13-10-18)7-8-21(17)32-26-33-23-22(29-16-30-23)24(34-26)31-20-5-3-2-4-6-20/h7-10,12-13,15-16,20H,2-6,11,14H2,1H3,(H,28,35)(H3,29,30,31,32,33,34). The van der Waals surface area contributed by atoms with Gasteiger partial charge in [-0.25, -0.2) is 4.98 Å². The number of benzene rings is 1. The van der Waals surface area contributed by atoms with Gasteiger partial charge in [-0.1, -0.05) is 19.3 Å².